The maximum Gasteiger partial charge on any atom is 0.160 e. The molecule has 0 saturated heterocycles. The van der Waals surface area contributed by atoms with E-state index in [1.54, 1.807) is 0 Å². The quantitative estimate of drug-likeness (QED) is 0.0527. The second kappa shape index (κ2) is 30.6. The van der Waals surface area contributed by atoms with E-state index in [4.69, 9.17) is 14.2 Å². The molecular weight excluding hydrogens is 584 g/mol. The van der Waals surface area contributed by atoms with E-state index in [9.17, 15) is 10.2 Å². The highest BCUT2D eigenvalue weighted by atomic mass is 16.8. The largest absolute Gasteiger partial charge is 0.393 e. The van der Waals surface area contributed by atoms with Crippen LogP contribution in [-0.4, -0.2) is 48.2 Å². The molecule has 0 fully saturated rings. The topological polar surface area (TPSA) is 68.2 Å². The molecule has 5 nitrogen and oxygen atoms in total. The first-order chi connectivity index (χ1) is 22.4. The van der Waals surface area contributed by atoms with Gasteiger partial charge >= 0.3 is 0 Å². The zero-order valence-electron chi connectivity index (χ0n) is 33.4. The summed E-state index contributed by atoms with van der Waals surface area (Å²) >= 11 is 0. The Labute approximate surface area is 295 Å². The van der Waals surface area contributed by atoms with Crippen LogP contribution >= 0.6 is 0 Å². The summed E-state index contributed by atoms with van der Waals surface area (Å²) in [4.78, 5) is 0. The van der Waals surface area contributed by atoms with Gasteiger partial charge < -0.3 is 24.4 Å². The molecule has 0 aromatic carbocycles. The van der Waals surface area contributed by atoms with Crippen LogP contribution in [0, 0.1) is 35.5 Å². The van der Waals surface area contributed by atoms with Gasteiger partial charge in [0.15, 0.2) is 12.6 Å². The van der Waals surface area contributed by atoms with Crippen molar-refractivity contribution in [2.45, 2.75) is 222 Å². The van der Waals surface area contributed by atoms with Gasteiger partial charge in [0.1, 0.15) is 0 Å². The summed E-state index contributed by atoms with van der Waals surface area (Å²) in [6, 6.07) is 0. The van der Waals surface area contributed by atoms with Crippen molar-refractivity contribution in [1.82, 2.24) is 0 Å². The van der Waals surface area contributed by atoms with Gasteiger partial charge in [-0.2, -0.15) is 0 Å². The van der Waals surface area contributed by atoms with Gasteiger partial charge in [0, 0.05) is 13.2 Å². The van der Waals surface area contributed by atoms with E-state index in [1.165, 1.54) is 77.0 Å². The molecule has 2 N–H and O–H groups in total. The molecule has 0 amide bonds. The highest BCUT2D eigenvalue weighted by molar-refractivity contribution is 4.68. The third-order valence-corrected chi connectivity index (χ3v) is 9.89. The van der Waals surface area contributed by atoms with E-state index in [0.717, 1.165) is 64.6 Å². The molecular formula is C42H86O5. The molecule has 10 unspecified atom stereocenters. The molecule has 10 atom stereocenters. The number of aliphatic hydroxyl groups excluding tert-OH is 2. The van der Waals surface area contributed by atoms with Crippen LogP contribution in [0.2, 0.25) is 0 Å². The van der Waals surface area contributed by atoms with Crippen LogP contribution in [-0.2, 0) is 14.2 Å². The van der Waals surface area contributed by atoms with Crippen LogP contribution < -0.4 is 0 Å². The van der Waals surface area contributed by atoms with Crippen LogP contribution in [0.25, 0.3) is 0 Å². The predicted molar refractivity (Wildman–Crippen MR) is 203 cm³/mol. The lowest BCUT2D eigenvalue weighted by Crippen LogP contribution is -2.28. The lowest BCUT2D eigenvalue weighted by Gasteiger charge is -2.27. The van der Waals surface area contributed by atoms with Crippen LogP contribution in [0.1, 0.15) is 198 Å². The standard InChI is InChI=1S/C42H86O5/c1-11-13-15-17-25-45-41(23-19-21-33(3)27-35(5)29-37(7)31-39(9)43)47-42(46-26-18-16-14-12-2)24-20-22-34(4)28-36(6)30-38(8)32-40(10)44/h33-44H,11-32H2,1-10H3. The number of ether oxygens (including phenoxy) is 3. The monoisotopic (exact) mass is 671 g/mol. The normalized spacial score (nSPS) is 18.6. The molecule has 0 aromatic rings. The Bertz CT molecular complexity index is 601. The van der Waals surface area contributed by atoms with Crippen molar-refractivity contribution in [2.24, 2.45) is 35.5 Å². The van der Waals surface area contributed by atoms with E-state index >= 15 is 0 Å². The van der Waals surface area contributed by atoms with Crippen molar-refractivity contribution in [3.63, 3.8) is 0 Å². The first-order valence-electron chi connectivity index (χ1n) is 20.6. The van der Waals surface area contributed by atoms with Crippen molar-refractivity contribution in [2.75, 3.05) is 13.2 Å². The van der Waals surface area contributed by atoms with Gasteiger partial charge in [-0.15, -0.1) is 0 Å². The summed E-state index contributed by atoms with van der Waals surface area (Å²) in [5.74, 6) is 3.88. The Balaban J connectivity index is 5.06. The fourth-order valence-corrected chi connectivity index (χ4v) is 7.84. The Morgan fingerprint density at radius 2 is 0.723 bits per heavy atom. The van der Waals surface area contributed by atoms with E-state index in [0.29, 0.717) is 35.5 Å². The van der Waals surface area contributed by atoms with Crippen molar-refractivity contribution in [3.8, 4) is 0 Å². The zero-order chi connectivity index (χ0) is 35.5. The summed E-state index contributed by atoms with van der Waals surface area (Å²) in [5.41, 5.74) is 0. The zero-order valence-corrected chi connectivity index (χ0v) is 33.4. The smallest absolute Gasteiger partial charge is 0.160 e. The van der Waals surface area contributed by atoms with Crippen LogP contribution in [0.4, 0.5) is 0 Å². The molecule has 0 bridgehead atoms. The lowest BCUT2D eigenvalue weighted by molar-refractivity contribution is -0.250. The number of hydrogen-bond acceptors (Lipinski definition) is 5. The maximum absolute atomic E-state index is 9.75. The molecule has 0 saturated carbocycles. The first-order valence-corrected chi connectivity index (χ1v) is 20.6. The Hall–Kier alpha value is -0.200. The molecule has 0 spiro atoms. The first kappa shape index (κ1) is 46.8. The number of aliphatic hydroxyl groups is 2. The van der Waals surface area contributed by atoms with Gasteiger partial charge in [-0.05, 0) is 126 Å². The van der Waals surface area contributed by atoms with Crippen molar-refractivity contribution >= 4 is 0 Å². The van der Waals surface area contributed by atoms with E-state index < -0.39 is 0 Å². The van der Waals surface area contributed by atoms with Gasteiger partial charge in [-0.3, -0.25) is 0 Å². The molecule has 0 rings (SSSR count). The molecule has 47 heavy (non-hydrogen) atoms. The summed E-state index contributed by atoms with van der Waals surface area (Å²) in [6.45, 7) is 24.0. The number of rotatable bonds is 34. The average molecular weight is 671 g/mol. The van der Waals surface area contributed by atoms with Crippen molar-refractivity contribution < 1.29 is 24.4 Å². The fourth-order valence-electron chi connectivity index (χ4n) is 7.84. The molecule has 5 heteroatoms. The molecule has 0 aromatic heterocycles. The van der Waals surface area contributed by atoms with Crippen LogP contribution in [0.15, 0.2) is 0 Å². The summed E-state index contributed by atoms with van der Waals surface area (Å²) in [6.07, 6.45) is 22.0. The SMILES string of the molecule is CCCCCCOC(CCCC(C)CC(C)CC(C)CC(C)O)OC(CCCC(C)CC(C)CC(C)CC(C)O)OCCCCCC. The van der Waals surface area contributed by atoms with Gasteiger partial charge in [-0.25, -0.2) is 0 Å². The fraction of sp³-hybridized carbons (Fsp3) is 1.00. The Kier molecular flexibility index (Phi) is 30.5. The molecule has 0 radical (unpaired) electrons. The second-order valence-electron chi connectivity index (χ2n) is 16.5. The predicted octanol–water partition coefficient (Wildman–Crippen LogP) is 12.1. The molecule has 0 heterocycles. The number of hydrogen-bond donors (Lipinski definition) is 2. The molecule has 0 aliphatic carbocycles. The van der Waals surface area contributed by atoms with E-state index in [2.05, 4.69) is 55.4 Å². The van der Waals surface area contributed by atoms with Crippen LogP contribution in [0.5, 0.6) is 0 Å². The molecule has 0 aliphatic rings. The second-order valence-corrected chi connectivity index (χ2v) is 16.5. The third kappa shape index (κ3) is 30.4. The number of unbranched alkanes of at least 4 members (excludes halogenated alkanes) is 6. The van der Waals surface area contributed by atoms with E-state index in [-0.39, 0.29) is 24.8 Å². The van der Waals surface area contributed by atoms with Crippen molar-refractivity contribution in [1.29, 1.82) is 0 Å². The minimum absolute atomic E-state index is 0.194. The van der Waals surface area contributed by atoms with Gasteiger partial charge in [-0.1, -0.05) is 107 Å². The maximum atomic E-state index is 9.75. The lowest BCUT2D eigenvalue weighted by atomic mass is 9.86. The minimum atomic E-state index is -0.203. The Morgan fingerprint density at radius 1 is 0.383 bits per heavy atom. The Morgan fingerprint density at radius 3 is 1.06 bits per heavy atom. The van der Waals surface area contributed by atoms with Gasteiger partial charge in [0.2, 0.25) is 0 Å². The van der Waals surface area contributed by atoms with Gasteiger partial charge in [0.05, 0.1) is 12.2 Å². The summed E-state index contributed by atoms with van der Waals surface area (Å²) in [7, 11) is 0. The van der Waals surface area contributed by atoms with E-state index in [1.807, 2.05) is 13.8 Å². The summed E-state index contributed by atoms with van der Waals surface area (Å²) < 4.78 is 19.5. The third-order valence-electron chi connectivity index (χ3n) is 9.89. The highest BCUT2D eigenvalue weighted by Crippen LogP contribution is 2.28. The average Bonchev–Trinajstić information content (AvgIpc) is 2.95. The van der Waals surface area contributed by atoms with Crippen LogP contribution in [0.3, 0.4) is 0 Å². The molecule has 284 valence electrons. The minimum Gasteiger partial charge on any atom is -0.393 e. The van der Waals surface area contributed by atoms with Gasteiger partial charge in [0.25, 0.3) is 0 Å². The highest BCUT2D eigenvalue weighted by Gasteiger charge is 2.21. The molecule has 0 aliphatic heterocycles. The summed E-state index contributed by atoms with van der Waals surface area (Å²) in [5, 5.41) is 19.5. The van der Waals surface area contributed by atoms with Crippen molar-refractivity contribution in [3.05, 3.63) is 0 Å².